The fourth-order valence-corrected chi connectivity index (χ4v) is 2.95. The molecule has 0 unspecified atom stereocenters. The zero-order valence-electron chi connectivity index (χ0n) is 14.9. The third kappa shape index (κ3) is 6.32. The number of amides is 2. The van der Waals surface area contributed by atoms with Crippen LogP contribution in [-0.4, -0.2) is 42.9 Å². The average molecular weight is 331 g/mol. The predicted octanol–water partition coefficient (Wildman–Crippen LogP) is 2.62. The molecule has 5 nitrogen and oxygen atoms in total. The minimum Gasteiger partial charge on any atom is -0.354 e. The van der Waals surface area contributed by atoms with E-state index in [4.69, 9.17) is 0 Å². The van der Waals surface area contributed by atoms with Gasteiger partial charge in [-0.25, -0.2) is 0 Å². The molecule has 1 aliphatic rings. The topological polar surface area (TPSA) is 61.4 Å². The van der Waals surface area contributed by atoms with Crippen molar-refractivity contribution in [2.45, 2.75) is 46.0 Å². The molecule has 1 aliphatic heterocycles. The number of rotatable bonds is 6. The summed E-state index contributed by atoms with van der Waals surface area (Å²) in [4.78, 5) is 26.2. The van der Waals surface area contributed by atoms with Crippen molar-refractivity contribution in [2.24, 2.45) is 0 Å². The summed E-state index contributed by atoms with van der Waals surface area (Å²) >= 11 is 0. The Morgan fingerprint density at radius 1 is 1.04 bits per heavy atom. The van der Waals surface area contributed by atoms with Gasteiger partial charge in [0.2, 0.25) is 11.8 Å². The minimum atomic E-state index is -0.0706. The predicted molar refractivity (Wildman–Crippen MR) is 97.1 cm³/mol. The van der Waals surface area contributed by atoms with Crippen LogP contribution in [0.2, 0.25) is 0 Å². The van der Waals surface area contributed by atoms with Gasteiger partial charge >= 0.3 is 0 Å². The number of aryl methyl sites for hydroxylation is 2. The maximum atomic E-state index is 12.0. The van der Waals surface area contributed by atoms with Crippen LogP contribution in [0.1, 0.15) is 43.2 Å². The van der Waals surface area contributed by atoms with Crippen molar-refractivity contribution in [3.63, 3.8) is 0 Å². The summed E-state index contributed by atoms with van der Waals surface area (Å²) in [5.41, 5.74) is 3.00. The lowest BCUT2D eigenvalue weighted by Gasteiger charge is -2.18. The number of nitrogens with zero attached hydrogens (tertiary/aromatic N) is 1. The van der Waals surface area contributed by atoms with E-state index in [1.807, 2.05) is 32.0 Å². The van der Waals surface area contributed by atoms with Crippen LogP contribution in [0.4, 0.5) is 5.69 Å². The van der Waals surface area contributed by atoms with Gasteiger partial charge < -0.3 is 10.6 Å². The van der Waals surface area contributed by atoms with E-state index in [1.54, 1.807) is 0 Å². The summed E-state index contributed by atoms with van der Waals surface area (Å²) < 4.78 is 0. The van der Waals surface area contributed by atoms with E-state index in [9.17, 15) is 9.59 Å². The Labute approximate surface area is 144 Å². The van der Waals surface area contributed by atoms with Crippen molar-refractivity contribution in [3.8, 4) is 0 Å². The van der Waals surface area contributed by atoms with Crippen LogP contribution < -0.4 is 10.6 Å². The van der Waals surface area contributed by atoms with Gasteiger partial charge in [-0.1, -0.05) is 25.0 Å². The molecule has 0 aliphatic carbocycles. The van der Waals surface area contributed by atoms with E-state index in [0.29, 0.717) is 19.5 Å². The number of benzene rings is 1. The SMILES string of the molecule is Cc1ccc(C)c(NC(=O)CCNC(=O)CN2CCCCCC2)c1. The smallest absolute Gasteiger partial charge is 0.234 e. The summed E-state index contributed by atoms with van der Waals surface area (Å²) in [5.74, 6) is -0.0600. The van der Waals surface area contributed by atoms with Crippen LogP contribution in [0.25, 0.3) is 0 Å². The highest BCUT2D eigenvalue weighted by Gasteiger charge is 2.13. The maximum Gasteiger partial charge on any atom is 0.234 e. The second kappa shape index (κ2) is 9.42. The highest BCUT2D eigenvalue weighted by molar-refractivity contribution is 5.92. The molecule has 0 spiro atoms. The minimum absolute atomic E-state index is 0.0106. The van der Waals surface area contributed by atoms with Crippen molar-refractivity contribution in [1.82, 2.24) is 10.2 Å². The Morgan fingerprint density at radius 2 is 1.75 bits per heavy atom. The Bertz CT molecular complexity index is 564. The van der Waals surface area contributed by atoms with E-state index in [-0.39, 0.29) is 11.8 Å². The summed E-state index contributed by atoms with van der Waals surface area (Å²) in [7, 11) is 0. The number of carbonyl (C=O) groups is 2. The van der Waals surface area contributed by atoms with Crippen molar-refractivity contribution >= 4 is 17.5 Å². The highest BCUT2D eigenvalue weighted by atomic mass is 16.2. The lowest BCUT2D eigenvalue weighted by molar-refractivity contribution is -0.122. The maximum absolute atomic E-state index is 12.0. The van der Waals surface area contributed by atoms with Crippen LogP contribution in [0.15, 0.2) is 18.2 Å². The first-order valence-corrected chi connectivity index (χ1v) is 8.91. The van der Waals surface area contributed by atoms with Crippen LogP contribution in [0.5, 0.6) is 0 Å². The number of hydrogen-bond acceptors (Lipinski definition) is 3. The standard InChI is InChI=1S/C19H29N3O2/c1-15-7-8-16(2)17(13-15)21-18(23)9-10-20-19(24)14-22-11-5-3-4-6-12-22/h7-8,13H,3-6,9-12,14H2,1-2H3,(H,20,24)(H,21,23). The molecular formula is C19H29N3O2. The number of hydrogen-bond donors (Lipinski definition) is 2. The van der Waals surface area contributed by atoms with E-state index >= 15 is 0 Å². The zero-order chi connectivity index (χ0) is 17.4. The van der Waals surface area contributed by atoms with E-state index < -0.39 is 0 Å². The molecule has 0 saturated carbocycles. The fourth-order valence-electron chi connectivity index (χ4n) is 2.95. The van der Waals surface area contributed by atoms with Crippen molar-refractivity contribution < 1.29 is 9.59 Å². The largest absolute Gasteiger partial charge is 0.354 e. The van der Waals surface area contributed by atoms with Gasteiger partial charge in [0.25, 0.3) is 0 Å². The van der Waals surface area contributed by atoms with Crippen LogP contribution in [-0.2, 0) is 9.59 Å². The summed E-state index contributed by atoms with van der Waals surface area (Å²) in [6.45, 7) is 6.79. The molecule has 0 atom stereocenters. The third-order valence-corrected chi connectivity index (χ3v) is 4.41. The number of nitrogens with one attached hydrogen (secondary N) is 2. The average Bonchev–Trinajstić information content (AvgIpc) is 2.79. The quantitative estimate of drug-likeness (QED) is 0.842. The number of likely N-dealkylation sites (tertiary alicyclic amines) is 1. The van der Waals surface area contributed by atoms with Gasteiger partial charge in [-0.15, -0.1) is 0 Å². The van der Waals surface area contributed by atoms with Crippen LogP contribution in [0, 0.1) is 13.8 Å². The molecule has 24 heavy (non-hydrogen) atoms. The molecule has 2 N–H and O–H groups in total. The lowest BCUT2D eigenvalue weighted by atomic mass is 10.1. The fraction of sp³-hybridized carbons (Fsp3) is 0.579. The Balaban J connectivity index is 1.68. The van der Waals surface area contributed by atoms with E-state index in [0.717, 1.165) is 29.9 Å². The van der Waals surface area contributed by atoms with Gasteiger partial charge in [0, 0.05) is 18.7 Å². The van der Waals surface area contributed by atoms with Crippen LogP contribution in [0.3, 0.4) is 0 Å². The monoisotopic (exact) mass is 331 g/mol. The van der Waals surface area contributed by atoms with Crippen molar-refractivity contribution in [3.05, 3.63) is 29.3 Å². The second-order valence-corrected chi connectivity index (χ2v) is 6.66. The molecule has 1 heterocycles. The van der Waals surface area contributed by atoms with Gasteiger partial charge in [-0.3, -0.25) is 14.5 Å². The molecule has 2 amide bonds. The molecule has 132 valence electrons. The Hall–Kier alpha value is -1.88. The summed E-state index contributed by atoms with van der Waals surface area (Å²) in [5, 5.41) is 5.77. The van der Waals surface area contributed by atoms with Gasteiger partial charge in [-0.05, 0) is 57.0 Å². The van der Waals surface area contributed by atoms with E-state index in [1.165, 1.54) is 25.7 Å². The Morgan fingerprint density at radius 3 is 2.46 bits per heavy atom. The third-order valence-electron chi connectivity index (χ3n) is 4.41. The second-order valence-electron chi connectivity index (χ2n) is 6.66. The zero-order valence-corrected chi connectivity index (χ0v) is 14.9. The first-order chi connectivity index (χ1) is 11.5. The highest BCUT2D eigenvalue weighted by Crippen LogP contribution is 2.16. The first kappa shape index (κ1) is 18.5. The lowest BCUT2D eigenvalue weighted by Crippen LogP contribution is -2.38. The molecule has 1 aromatic rings. The molecule has 0 aromatic heterocycles. The molecule has 5 heteroatoms. The van der Waals surface area contributed by atoms with Gasteiger partial charge in [0.1, 0.15) is 0 Å². The molecule has 2 rings (SSSR count). The van der Waals surface area contributed by atoms with Crippen molar-refractivity contribution in [2.75, 3.05) is 31.5 Å². The Kier molecular flexibility index (Phi) is 7.25. The first-order valence-electron chi connectivity index (χ1n) is 8.91. The summed E-state index contributed by atoms with van der Waals surface area (Å²) in [6, 6.07) is 5.98. The molecule has 0 radical (unpaired) electrons. The molecule has 0 bridgehead atoms. The van der Waals surface area contributed by atoms with Crippen LogP contribution >= 0.6 is 0 Å². The van der Waals surface area contributed by atoms with Gasteiger partial charge in [0.05, 0.1) is 6.54 Å². The molecule has 1 aromatic carbocycles. The summed E-state index contributed by atoms with van der Waals surface area (Å²) in [6.07, 6.45) is 5.16. The van der Waals surface area contributed by atoms with Crippen molar-refractivity contribution in [1.29, 1.82) is 0 Å². The normalized spacial score (nSPS) is 15.6. The molecular weight excluding hydrogens is 302 g/mol. The molecule has 1 saturated heterocycles. The van der Waals surface area contributed by atoms with E-state index in [2.05, 4.69) is 15.5 Å². The number of anilines is 1. The van der Waals surface area contributed by atoms with Gasteiger partial charge in [0.15, 0.2) is 0 Å². The van der Waals surface area contributed by atoms with Gasteiger partial charge in [-0.2, -0.15) is 0 Å². The number of carbonyl (C=O) groups excluding carboxylic acids is 2. The molecule has 1 fully saturated rings.